The first-order valence-corrected chi connectivity index (χ1v) is 2.70. The summed E-state index contributed by atoms with van der Waals surface area (Å²) in [4.78, 5) is 4.24. The van der Waals surface area contributed by atoms with Crippen LogP contribution in [0.3, 0.4) is 0 Å². The summed E-state index contributed by atoms with van der Waals surface area (Å²) in [5.74, 6) is 0. The Hall–Kier alpha value is -0.800. The summed E-state index contributed by atoms with van der Waals surface area (Å²) in [5, 5.41) is 14.1. The van der Waals surface area contributed by atoms with Crippen LogP contribution >= 0.6 is 0 Å². The highest BCUT2D eigenvalue weighted by Gasteiger charge is 2.13. The Kier molecular flexibility index (Phi) is 2.42. The SMILES string of the molecule is CO[N+]([O-])=NC(C)(C)C. The van der Waals surface area contributed by atoms with E-state index in [9.17, 15) is 5.21 Å². The van der Waals surface area contributed by atoms with Crippen molar-refractivity contribution in [1.82, 2.24) is 0 Å². The molecule has 0 aromatic carbocycles. The fraction of sp³-hybridized carbons (Fsp3) is 1.00. The molecule has 0 aliphatic carbocycles. The van der Waals surface area contributed by atoms with E-state index in [2.05, 4.69) is 9.95 Å². The molecule has 9 heavy (non-hydrogen) atoms. The lowest BCUT2D eigenvalue weighted by molar-refractivity contribution is -0.786. The normalized spacial score (nSPS) is 13.6. The van der Waals surface area contributed by atoms with Crippen molar-refractivity contribution >= 4 is 0 Å². The molecule has 0 spiro atoms. The summed E-state index contributed by atoms with van der Waals surface area (Å²) in [6.07, 6.45) is 0. The minimum atomic E-state index is -0.363. The van der Waals surface area contributed by atoms with Crippen molar-refractivity contribution in [3.05, 3.63) is 5.21 Å². The van der Waals surface area contributed by atoms with Crippen LogP contribution in [0.1, 0.15) is 20.8 Å². The molecule has 0 rings (SSSR count). The van der Waals surface area contributed by atoms with E-state index in [1.54, 1.807) is 0 Å². The van der Waals surface area contributed by atoms with Gasteiger partial charge in [0, 0.05) is 12.2 Å². The molecule has 4 heteroatoms. The fourth-order valence-electron chi connectivity index (χ4n) is 0.286. The van der Waals surface area contributed by atoms with Crippen molar-refractivity contribution in [3.63, 3.8) is 0 Å². The van der Waals surface area contributed by atoms with Crippen molar-refractivity contribution in [2.24, 2.45) is 5.11 Å². The minimum absolute atomic E-state index is 0.208. The van der Waals surface area contributed by atoms with Gasteiger partial charge in [0.05, 0.1) is 0 Å². The molecule has 4 nitrogen and oxygen atoms in total. The molecule has 0 saturated carbocycles. The standard InChI is InChI=1S/C5H12N2O2/c1-5(2,3)6-7(8)9-4/h1-4H3. The van der Waals surface area contributed by atoms with E-state index in [-0.39, 0.29) is 10.6 Å². The van der Waals surface area contributed by atoms with Gasteiger partial charge in [-0.3, -0.25) is 0 Å². The quantitative estimate of drug-likeness (QED) is 0.399. The van der Waals surface area contributed by atoms with E-state index in [0.29, 0.717) is 0 Å². The van der Waals surface area contributed by atoms with Gasteiger partial charge in [-0.25, -0.2) is 5.21 Å². The summed E-state index contributed by atoms with van der Waals surface area (Å²) in [6, 6.07) is 0. The molecule has 0 amide bonds. The molecular weight excluding hydrogens is 120 g/mol. The van der Waals surface area contributed by atoms with Gasteiger partial charge < -0.3 is 4.84 Å². The van der Waals surface area contributed by atoms with Gasteiger partial charge in [0.15, 0.2) is 5.02 Å². The van der Waals surface area contributed by atoms with Gasteiger partial charge in [0.2, 0.25) is 0 Å². The van der Waals surface area contributed by atoms with Crippen LogP contribution in [0, 0.1) is 5.21 Å². The lowest BCUT2D eigenvalue weighted by Gasteiger charge is -2.05. The van der Waals surface area contributed by atoms with Crippen LogP contribution in [-0.4, -0.2) is 17.7 Å². The zero-order valence-corrected chi connectivity index (χ0v) is 6.21. The predicted molar refractivity (Wildman–Crippen MR) is 32.8 cm³/mol. The van der Waals surface area contributed by atoms with Gasteiger partial charge in [0.1, 0.15) is 5.54 Å². The van der Waals surface area contributed by atoms with Crippen LogP contribution in [0.4, 0.5) is 0 Å². The lowest BCUT2D eigenvalue weighted by atomic mass is 10.1. The minimum Gasteiger partial charge on any atom is -0.384 e. The Morgan fingerprint density at radius 2 is 1.89 bits per heavy atom. The lowest BCUT2D eigenvalue weighted by Crippen LogP contribution is -2.14. The van der Waals surface area contributed by atoms with Crippen molar-refractivity contribution in [1.29, 1.82) is 0 Å². The molecule has 0 aromatic rings. The molecule has 0 atom stereocenters. The molecule has 0 aliphatic rings. The van der Waals surface area contributed by atoms with Crippen LogP contribution in [-0.2, 0) is 4.84 Å². The molecule has 0 saturated heterocycles. The van der Waals surface area contributed by atoms with Crippen LogP contribution in [0.2, 0.25) is 0 Å². The maximum absolute atomic E-state index is 10.4. The van der Waals surface area contributed by atoms with Crippen LogP contribution < -0.4 is 0 Å². The van der Waals surface area contributed by atoms with E-state index in [1.165, 1.54) is 7.11 Å². The largest absolute Gasteiger partial charge is 0.384 e. The van der Waals surface area contributed by atoms with E-state index < -0.39 is 0 Å². The second-order valence-electron chi connectivity index (χ2n) is 2.69. The first kappa shape index (κ1) is 8.20. The Bertz CT molecular complexity index is 115. The summed E-state index contributed by atoms with van der Waals surface area (Å²) in [5.41, 5.74) is -0.363. The first-order valence-electron chi connectivity index (χ1n) is 2.70. The molecule has 0 heterocycles. The fourth-order valence-corrected chi connectivity index (χ4v) is 0.286. The number of hydrogen-bond acceptors (Lipinski definition) is 3. The number of rotatable bonds is 1. The Labute approximate surface area is 54.7 Å². The second-order valence-corrected chi connectivity index (χ2v) is 2.69. The topological polar surface area (TPSA) is 47.7 Å². The van der Waals surface area contributed by atoms with Gasteiger partial charge >= 0.3 is 0 Å². The van der Waals surface area contributed by atoms with Crippen LogP contribution in [0.15, 0.2) is 5.11 Å². The van der Waals surface area contributed by atoms with Gasteiger partial charge in [-0.15, -0.1) is 0 Å². The zero-order valence-electron chi connectivity index (χ0n) is 6.21. The Morgan fingerprint density at radius 3 is 2.00 bits per heavy atom. The average Bonchev–Trinajstić information content (AvgIpc) is 1.62. The van der Waals surface area contributed by atoms with Gasteiger partial charge in [-0.05, 0) is 20.8 Å². The summed E-state index contributed by atoms with van der Waals surface area (Å²) < 4.78 is 0. The van der Waals surface area contributed by atoms with Crippen LogP contribution in [0.25, 0.3) is 0 Å². The molecule has 0 unspecified atom stereocenters. The maximum atomic E-state index is 10.4. The van der Waals surface area contributed by atoms with E-state index in [0.717, 1.165) is 0 Å². The third-order valence-electron chi connectivity index (χ3n) is 0.538. The predicted octanol–water partition coefficient (Wildman–Crippen LogP) is 1.31. The second kappa shape index (κ2) is 2.66. The zero-order chi connectivity index (χ0) is 7.49. The monoisotopic (exact) mass is 132 g/mol. The van der Waals surface area contributed by atoms with Crippen molar-refractivity contribution < 1.29 is 9.86 Å². The molecule has 0 aromatic heterocycles. The number of hydrogen-bond donors (Lipinski definition) is 0. The molecule has 0 radical (unpaired) electrons. The van der Waals surface area contributed by atoms with E-state index in [1.807, 2.05) is 20.8 Å². The summed E-state index contributed by atoms with van der Waals surface area (Å²) >= 11 is 0. The van der Waals surface area contributed by atoms with E-state index in [4.69, 9.17) is 0 Å². The highest BCUT2D eigenvalue weighted by atomic mass is 16.9. The van der Waals surface area contributed by atoms with Gasteiger partial charge in [-0.2, -0.15) is 0 Å². The number of nitrogens with zero attached hydrogens (tertiary/aromatic N) is 2. The van der Waals surface area contributed by atoms with Crippen molar-refractivity contribution in [3.8, 4) is 0 Å². The maximum Gasteiger partial charge on any atom is 0.169 e. The Morgan fingerprint density at radius 1 is 1.44 bits per heavy atom. The van der Waals surface area contributed by atoms with Crippen molar-refractivity contribution in [2.75, 3.05) is 7.11 Å². The van der Waals surface area contributed by atoms with Crippen LogP contribution in [0.5, 0.6) is 0 Å². The molecule has 0 bridgehead atoms. The third kappa shape index (κ3) is 5.06. The smallest absolute Gasteiger partial charge is 0.169 e. The van der Waals surface area contributed by atoms with Gasteiger partial charge in [0.25, 0.3) is 0 Å². The highest BCUT2D eigenvalue weighted by Crippen LogP contribution is 2.05. The first-order chi connectivity index (χ1) is 3.95. The molecule has 0 aliphatic heterocycles. The van der Waals surface area contributed by atoms with E-state index >= 15 is 0 Å². The van der Waals surface area contributed by atoms with Crippen molar-refractivity contribution in [2.45, 2.75) is 26.3 Å². The summed E-state index contributed by atoms with van der Waals surface area (Å²) in [7, 11) is 1.28. The third-order valence-corrected chi connectivity index (χ3v) is 0.538. The molecule has 0 N–H and O–H groups in total. The molecule has 0 fully saturated rings. The average molecular weight is 132 g/mol. The molecular formula is C5H12N2O2. The Balaban J connectivity index is 3.95. The molecule has 54 valence electrons. The summed E-state index contributed by atoms with van der Waals surface area (Å²) in [6.45, 7) is 5.45. The van der Waals surface area contributed by atoms with Gasteiger partial charge in [-0.1, -0.05) is 0 Å². The highest BCUT2D eigenvalue weighted by molar-refractivity contribution is 4.63.